The van der Waals surface area contributed by atoms with Crippen LogP contribution in [0, 0.1) is 0 Å². The molecule has 16 heteroatoms. The second-order valence-corrected chi connectivity index (χ2v) is 12.7. The highest BCUT2D eigenvalue weighted by atomic mass is 19.4. The molecule has 5 heterocycles. The van der Waals surface area contributed by atoms with Crippen molar-refractivity contribution in [1.82, 2.24) is 29.7 Å². The van der Waals surface area contributed by atoms with Crippen LogP contribution in [0.25, 0.3) is 5.69 Å². The number of amides is 2. The van der Waals surface area contributed by atoms with Crippen LogP contribution >= 0.6 is 0 Å². The summed E-state index contributed by atoms with van der Waals surface area (Å²) >= 11 is 0. The molecule has 2 aromatic carbocycles. The van der Waals surface area contributed by atoms with E-state index in [0.717, 1.165) is 25.0 Å². The van der Waals surface area contributed by atoms with Crippen LogP contribution in [0.1, 0.15) is 51.2 Å². The Labute approximate surface area is 279 Å². The summed E-state index contributed by atoms with van der Waals surface area (Å²) in [4.78, 5) is 45.3. The molecule has 1 aromatic heterocycles. The van der Waals surface area contributed by atoms with E-state index in [9.17, 15) is 32.7 Å². The van der Waals surface area contributed by atoms with Crippen LogP contribution in [-0.2, 0) is 27.1 Å². The molecule has 0 radical (unpaired) electrons. The molecular weight excluding hydrogens is 649 g/mol. The summed E-state index contributed by atoms with van der Waals surface area (Å²) in [6, 6.07) is 8.11. The highest BCUT2D eigenvalue weighted by Gasteiger charge is 2.46. The molecule has 2 amide bonds. The van der Waals surface area contributed by atoms with Gasteiger partial charge in [-0.25, -0.2) is 9.48 Å². The number of rotatable bonds is 6. The minimum Gasteiger partial charge on any atom is -0.491 e. The fourth-order valence-electron chi connectivity index (χ4n) is 7.14. The van der Waals surface area contributed by atoms with Crippen LogP contribution in [0.2, 0.25) is 0 Å². The third-order valence-corrected chi connectivity index (χ3v) is 9.67. The SMILES string of the molecule is O=C(O)c1ccccc1-n1cc(CO[C@@H]2C[C@H]3C(=O)N4CCN(C5CCOCC5)C[C@H]4COc4ccc(C(F)(F)F)cc4C(=O)N3C2)nn1. The van der Waals surface area contributed by atoms with Crippen molar-refractivity contribution >= 4 is 17.8 Å². The number of aromatic carboxylic acids is 1. The first-order valence-corrected chi connectivity index (χ1v) is 16.2. The van der Waals surface area contributed by atoms with E-state index in [1.54, 1.807) is 23.1 Å². The Kier molecular flexibility index (Phi) is 9.02. The van der Waals surface area contributed by atoms with Gasteiger partial charge in [-0.2, -0.15) is 13.2 Å². The van der Waals surface area contributed by atoms with Crippen LogP contribution in [-0.4, -0.2) is 123 Å². The first-order chi connectivity index (χ1) is 23.6. The smallest absolute Gasteiger partial charge is 0.416 e. The second kappa shape index (κ2) is 13.4. The Morgan fingerprint density at radius 3 is 2.59 bits per heavy atom. The molecule has 1 N–H and O–H groups in total. The lowest BCUT2D eigenvalue weighted by Crippen LogP contribution is -2.62. The van der Waals surface area contributed by atoms with Crippen LogP contribution in [0.5, 0.6) is 5.75 Å². The zero-order valence-corrected chi connectivity index (χ0v) is 26.4. The number of nitrogens with zero attached hydrogens (tertiary/aromatic N) is 6. The summed E-state index contributed by atoms with van der Waals surface area (Å²) in [6.45, 7) is 2.80. The van der Waals surface area contributed by atoms with Gasteiger partial charge in [-0.05, 0) is 43.2 Å². The molecule has 13 nitrogen and oxygen atoms in total. The number of aromatic nitrogens is 3. The maximum atomic E-state index is 14.2. The fraction of sp³-hybridized carbons (Fsp3) is 0.485. The maximum Gasteiger partial charge on any atom is 0.416 e. The van der Waals surface area contributed by atoms with E-state index in [4.69, 9.17) is 14.2 Å². The summed E-state index contributed by atoms with van der Waals surface area (Å²) in [5.74, 6) is -2.15. The average Bonchev–Trinajstić information content (AvgIpc) is 3.76. The lowest BCUT2D eigenvalue weighted by Gasteiger charge is -2.46. The monoisotopic (exact) mass is 684 g/mol. The number of benzene rings is 2. The van der Waals surface area contributed by atoms with Crippen molar-refractivity contribution in [3.63, 3.8) is 0 Å². The zero-order valence-electron chi connectivity index (χ0n) is 26.4. The predicted molar refractivity (Wildman–Crippen MR) is 164 cm³/mol. The third kappa shape index (κ3) is 6.72. The average molecular weight is 685 g/mol. The number of carboxylic acid groups (broad SMARTS) is 1. The molecule has 3 fully saturated rings. The molecule has 0 unspecified atom stereocenters. The van der Waals surface area contributed by atoms with Crippen molar-refractivity contribution in [3.8, 4) is 11.4 Å². The largest absolute Gasteiger partial charge is 0.491 e. The number of alkyl halides is 3. The van der Waals surface area contributed by atoms with E-state index in [1.807, 2.05) is 0 Å². The lowest BCUT2D eigenvalue weighted by atomic mass is 10.0. The Bertz CT molecular complexity index is 1730. The van der Waals surface area contributed by atoms with E-state index >= 15 is 0 Å². The Morgan fingerprint density at radius 2 is 1.82 bits per heavy atom. The van der Waals surface area contributed by atoms with Gasteiger partial charge in [-0.1, -0.05) is 17.3 Å². The van der Waals surface area contributed by atoms with Gasteiger partial charge in [0, 0.05) is 51.9 Å². The number of ether oxygens (including phenoxy) is 3. The van der Waals surface area contributed by atoms with Crippen LogP contribution in [0.15, 0.2) is 48.7 Å². The van der Waals surface area contributed by atoms with Crippen molar-refractivity contribution in [3.05, 3.63) is 71.0 Å². The number of carboxylic acids is 1. The summed E-state index contributed by atoms with van der Waals surface area (Å²) in [5.41, 5.74) is -0.531. The van der Waals surface area contributed by atoms with E-state index < -0.39 is 41.8 Å². The molecule has 0 bridgehead atoms. The third-order valence-electron chi connectivity index (χ3n) is 9.67. The molecule has 0 spiro atoms. The molecule has 260 valence electrons. The predicted octanol–water partition coefficient (Wildman–Crippen LogP) is 2.87. The van der Waals surface area contributed by atoms with Gasteiger partial charge < -0.3 is 29.1 Å². The first-order valence-electron chi connectivity index (χ1n) is 16.2. The summed E-state index contributed by atoms with van der Waals surface area (Å²) in [7, 11) is 0. The van der Waals surface area contributed by atoms with Crippen molar-refractivity contribution in [2.45, 2.75) is 56.3 Å². The number of fused-ring (bicyclic) bond motifs is 3. The molecular formula is C33H35F3N6O7. The summed E-state index contributed by atoms with van der Waals surface area (Å²) < 4.78 is 60.4. The lowest BCUT2D eigenvalue weighted by molar-refractivity contribution is -0.143. The number of halogens is 3. The van der Waals surface area contributed by atoms with E-state index in [-0.39, 0.29) is 49.0 Å². The molecule has 49 heavy (non-hydrogen) atoms. The first kappa shape index (κ1) is 33.0. The zero-order chi connectivity index (χ0) is 34.3. The summed E-state index contributed by atoms with van der Waals surface area (Å²) in [5, 5.41) is 17.7. The highest BCUT2D eigenvalue weighted by molar-refractivity contribution is 6.00. The van der Waals surface area contributed by atoms with Gasteiger partial charge in [0.1, 0.15) is 24.1 Å². The van der Waals surface area contributed by atoms with Crippen LogP contribution in [0.4, 0.5) is 13.2 Å². The molecule has 4 aliphatic rings. The molecule has 0 aliphatic carbocycles. The molecule has 3 aromatic rings. The fourth-order valence-corrected chi connectivity index (χ4v) is 7.14. The summed E-state index contributed by atoms with van der Waals surface area (Å²) in [6.07, 6.45) is -1.94. The van der Waals surface area contributed by atoms with Crippen molar-refractivity contribution in [2.75, 3.05) is 46.0 Å². The number of piperazine rings is 1. The Balaban J connectivity index is 1.14. The van der Waals surface area contributed by atoms with Crippen molar-refractivity contribution < 1.29 is 46.9 Å². The van der Waals surface area contributed by atoms with Crippen LogP contribution < -0.4 is 4.74 Å². The van der Waals surface area contributed by atoms with Gasteiger partial charge in [0.15, 0.2) is 0 Å². The van der Waals surface area contributed by atoms with Gasteiger partial charge in [0.05, 0.1) is 47.3 Å². The van der Waals surface area contributed by atoms with Gasteiger partial charge in [0.2, 0.25) is 5.91 Å². The van der Waals surface area contributed by atoms with Gasteiger partial charge in [-0.15, -0.1) is 5.10 Å². The molecule has 0 saturated carbocycles. The van der Waals surface area contributed by atoms with E-state index in [1.165, 1.54) is 27.9 Å². The number of carbonyl (C=O) groups is 3. The normalized spacial score (nSPS) is 23.9. The van der Waals surface area contributed by atoms with Gasteiger partial charge in [-0.3, -0.25) is 14.5 Å². The minimum absolute atomic E-state index is 0.0183. The minimum atomic E-state index is -4.69. The number of carbonyl (C=O) groups excluding carboxylic acids is 2. The van der Waals surface area contributed by atoms with Crippen LogP contribution in [0.3, 0.4) is 0 Å². The molecule has 3 saturated heterocycles. The van der Waals surface area contributed by atoms with Crippen molar-refractivity contribution in [1.29, 1.82) is 0 Å². The quantitative estimate of drug-likeness (QED) is 0.413. The second-order valence-electron chi connectivity index (χ2n) is 12.7. The van der Waals surface area contributed by atoms with E-state index in [2.05, 4.69) is 15.2 Å². The molecule has 7 rings (SSSR count). The Morgan fingerprint density at radius 1 is 1.02 bits per heavy atom. The number of hydrogen-bond donors (Lipinski definition) is 1. The van der Waals surface area contributed by atoms with E-state index in [0.29, 0.717) is 50.3 Å². The standard InChI is InChI=1S/C33H35F3N6O7/c34-33(35,36)20-5-6-29-26(13-20)30(43)41-17-24(48-18-21-15-42(38-37-21)27-4-2-1-3-25(27)32(45)46)14-28(41)31(44)40-10-9-39(16-23(40)19-49-29)22-7-11-47-12-8-22/h1-6,13,15,22-24,28H,7-12,14,16-19H2,(H,45,46)/t23-,24+,28-/m0/s1. The Hall–Kier alpha value is -4.54. The number of para-hydroxylation sites is 1. The maximum absolute atomic E-state index is 14.2. The van der Waals surface area contributed by atoms with Gasteiger partial charge >= 0.3 is 12.1 Å². The molecule has 3 atom stereocenters. The number of hydrogen-bond acceptors (Lipinski definition) is 9. The highest BCUT2D eigenvalue weighted by Crippen LogP contribution is 2.36. The van der Waals surface area contributed by atoms with Crippen molar-refractivity contribution in [2.24, 2.45) is 0 Å². The topological polar surface area (TPSA) is 140 Å². The van der Waals surface area contributed by atoms with Gasteiger partial charge in [0.25, 0.3) is 5.91 Å². The molecule has 4 aliphatic heterocycles.